The maximum Gasteiger partial charge on any atom is 0.179 e. The average Bonchev–Trinajstić information content (AvgIpc) is 3.33. The minimum absolute atomic E-state index is 0.0264. The van der Waals surface area contributed by atoms with Crippen LogP contribution < -0.4 is 20.5 Å². The number of hydrogen-bond donors (Lipinski definition) is 2. The smallest absolute Gasteiger partial charge is 0.179 e. The van der Waals surface area contributed by atoms with Crippen molar-refractivity contribution in [1.29, 1.82) is 0 Å². The zero-order valence-corrected chi connectivity index (χ0v) is 13.7. The number of nitrogens with one attached hydrogen (secondary N) is 1. The summed E-state index contributed by atoms with van der Waals surface area (Å²) in [4.78, 5) is 0. The van der Waals surface area contributed by atoms with Crippen LogP contribution in [0.25, 0.3) is 0 Å². The third kappa shape index (κ3) is 3.82. The summed E-state index contributed by atoms with van der Waals surface area (Å²) in [5.74, 6) is 2.75. The van der Waals surface area contributed by atoms with E-state index >= 15 is 0 Å². The second-order valence-electron chi connectivity index (χ2n) is 5.72. The van der Waals surface area contributed by atoms with Gasteiger partial charge < -0.3 is 20.5 Å². The largest absolute Gasteiger partial charge is 0.493 e. The van der Waals surface area contributed by atoms with E-state index in [1.54, 1.807) is 14.2 Å². The number of methoxy groups -OCH3 is 2. The van der Waals surface area contributed by atoms with E-state index in [4.69, 9.17) is 26.8 Å². The van der Waals surface area contributed by atoms with Crippen molar-refractivity contribution >= 4 is 11.6 Å². The Morgan fingerprint density at radius 2 is 2.05 bits per heavy atom. The highest BCUT2D eigenvalue weighted by Crippen LogP contribution is 2.40. The van der Waals surface area contributed by atoms with Gasteiger partial charge in [-0.2, -0.15) is 0 Å². The Morgan fingerprint density at radius 3 is 2.57 bits per heavy atom. The highest BCUT2D eigenvalue weighted by Gasteiger charge is 2.28. The molecular formula is C16H25ClN2O2. The summed E-state index contributed by atoms with van der Waals surface area (Å²) < 4.78 is 10.6. The molecule has 1 aliphatic rings. The van der Waals surface area contributed by atoms with Gasteiger partial charge in [-0.05, 0) is 42.9 Å². The lowest BCUT2D eigenvalue weighted by Crippen LogP contribution is -2.32. The van der Waals surface area contributed by atoms with Gasteiger partial charge >= 0.3 is 0 Å². The van der Waals surface area contributed by atoms with Crippen LogP contribution in [-0.2, 0) is 0 Å². The fourth-order valence-electron chi connectivity index (χ4n) is 2.65. The van der Waals surface area contributed by atoms with Gasteiger partial charge in [0.25, 0.3) is 0 Å². The number of rotatable bonds is 8. The Labute approximate surface area is 131 Å². The van der Waals surface area contributed by atoms with Gasteiger partial charge in [-0.25, -0.2) is 0 Å². The van der Waals surface area contributed by atoms with Crippen LogP contribution in [0, 0.1) is 11.8 Å². The zero-order valence-electron chi connectivity index (χ0n) is 13.0. The van der Waals surface area contributed by atoms with Gasteiger partial charge in [-0.3, -0.25) is 0 Å². The van der Waals surface area contributed by atoms with E-state index in [0.717, 1.165) is 18.0 Å². The summed E-state index contributed by atoms with van der Waals surface area (Å²) in [6.45, 7) is 3.73. The molecule has 0 aliphatic heterocycles. The minimum atomic E-state index is 0.0264. The zero-order chi connectivity index (χ0) is 15.4. The van der Waals surface area contributed by atoms with Gasteiger partial charge in [0.05, 0.1) is 19.2 Å². The van der Waals surface area contributed by atoms with Crippen molar-refractivity contribution in [2.45, 2.75) is 25.8 Å². The summed E-state index contributed by atoms with van der Waals surface area (Å²) in [6.07, 6.45) is 2.71. The van der Waals surface area contributed by atoms with Crippen molar-refractivity contribution in [3.63, 3.8) is 0 Å². The topological polar surface area (TPSA) is 56.5 Å². The Bertz CT molecular complexity index is 478. The maximum absolute atomic E-state index is 6.46. The van der Waals surface area contributed by atoms with Crippen molar-refractivity contribution in [2.75, 3.05) is 27.3 Å². The molecule has 5 heteroatoms. The van der Waals surface area contributed by atoms with Crippen LogP contribution in [0.5, 0.6) is 11.5 Å². The van der Waals surface area contributed by atoms with Gasteiger partial charge in [0.2, 0.25) is 0 Å². The molecule has 118 valence electrons. The molecule has 0 aromatic heterocycles. The number of halogens is 1. The first kappa shape index (κ1) is 16.4. The van der Waals surface area contributed by atoms with Gasteiger partial charge in [-0.1, -0.05) is 24.6 Å². The van der Waals surface area contributed by atoms with Crippen molar-refractivity contribution in [3.05, 3.63) is 22.7 Å². The normalized spacial score (nSPS) is 17.4. The monoisotopic (exact) mass is 312 g/mol. The van der Waals surface area contributed by atoms with E-state index < -0.39 is 0 Å². The van der Waals surface area contributed by atoms with Crippen LogP contribution in [0.4, 0.5) is 0 Å². The molecule has 4 nitrogen and oxygen atoms in total. The van der Waals surface area contributed by atoms with Crippen LogP contribution in [0.2, 0.25) is 5.02 Å². The van der Waals surface area contributed by atoms with Gasteiger partial charge in [0.1, 0.15) is 0 Å². The first-order valence-electron chi connectivity index (χ1n) is 7.46. The molecule has 1 fully saturated rings. The van der Waals surface area contributed by atoms with Crippen LogP contribution >= 0.6 is 11.6 Å². The summed E-state index contributed by atoms with van der Waals surface area (Å²) in [5, 5.41) is 4.10. The average molecular weight is 313 g/mol. The predicted molar refractivity (Wildman–Crippen MR) is 86.2 cm³/mol. The fraction of sp³-hybridized carbons (Fsp3) is 0.625. The van der Waals surface area contributed by atoms with Crippen LogP contribution in [0.1, 0.15) is 31.4 Å². The summed E-state index contributed by atoms with van der Waals surface area (Å²) in [5.41, 5.74) is 6.88. The fourth-order valence-corrected chi connectivity index (χ4v) is 3.02. The van der Waals surface area contributed by atoms with Crippen molar-refractivity contribution in [2.24, 2.45) is 17.6 Å². The van der Waals surface area contributed by atoms with Crippen LogP contribution in [0.15, 0.2) is 12.1 Å². The maximum atomic E-state index is 6.46. The Balaban J connectivity index is 2.13. The van der Waals surface area contributed by atoms with E-state index in [2.05, 4.69) is 12.2 Å². The van der Waals surface area contributed by atoms with Crippen LogP contribution in [0.3, 0.4) is 0 Å². The molecule has 0 spiro atoms. The number of benzene rings is 1. The summed E-state index contributed by atoms with van der Waals surface area (Å²) >= 11 is 6.46. The second kappa shape index (κ2) is 7.34. The van der Waals surface area contributed by atoms with Crippen molar-refractivity contribution < 1.29 is 9.47 Å². The molecule has 1 aromatic rings. The van der Waals surface area contributed by atoms with E-state index in [1.807, 2.05) is 12.1 Å². The van der Waals surface area contributed by atoms with Crippen molar-refractivity contribution in [3.8, 4) is 11.5 Å². The first-order chi connectivity index (χ1) is 10.1. The number of hydrogen-bond acceptors (Lipinski definition) is 4. The van der Waals surface area contributed by atoms with E-state index in [-0.39, 0.29) is 6.04 Å². The quantitative estimate of drug-likeness (QED) is 0.775. The summed E-state index contributed by atoms with van der Waals surface area (Å²) in [6, 6.07) is 3.85. The molecule has 1 saturated carbocycles. The lowest BCUT2D eigenvalue weighted by atomic mass is 10.0. The molecule has 0 heterocycles. The molecule has 3 N–H and O–H groups in total. The molecular weight excluding hydrogens is 288 g/mol. The summed E-state index contributed by atoms with van der Waals surface area (Å²) in [7, 11) is 3.19. The minimum Gasteiger partial charge on any atom is -0.493 e. The molecule has 2 rings (SSSR count). The molecule has 21 heavy (non-hydrogen) atoms. The third-order valence-electron chi connectivity index (χ3n) is 4.24. The molecule has 2 unspecified atom stereocenters. The Kier molecular flexibility index (Phi) is 5.73. The lowest BCUT2D eigenvalue weighted by molar-refractivity contribution is 0.353. The van der Waals surface area contributed by atoms with Gasteiger partial charge in [0, 0.05) is 12.6 Å². The molecule has 1 aliphatic carbocycles. The number of ether oxygens (including phenoxy) is 2. The van der Waals surface area contributed by atoms with E-state index in [9.17, 15) is 0 Å². The van der Waals surface area contributed by atoms with Gasteiger partial charge in [-0.15, -0.1) is 0 Å². The third-order valence-corrected chi connectivity index (χ3v) is 4.63. The first-order valence-corrected chi connectivity index (χ1v) is 7.84. The highest BCUT2D eigenvalue weighted by molar-refractivity contribution is 6.33. The standard InChI is InChI=1S/C16H25ClN2O2/c1-10(11-4-5-11)9-19-13(8-18)12-6-7-14(20-2)16(21-3)15(12)17/h6-7,10-11,13,19H,4-5,8-9,18H2,1-3H3. The molecule has 0 saturated heterocycles. The molecule has 0 amide bonds. The SMILES string of the molecule is COc1ccc(C(CN)NCC(C)C2CC2)c(Cl)c1OC. The Morgan fingerprint density at radius 1 is 1.33 bits per heavy atom. The van der Waals surface area contributed by atoms with E-state index in [0.29, 0.717) is 29.0 Å². The highest BCUT2D eigenvalue weighted by atomic mass is 35.5. The second-order valence-corrected chi connectivity index (χ2v) is 6.09. The van der Waals surface area contributed by atoms with Gasteiger partial charge in [0.15, 0.2) is 11.5 Å². The molecule has 0 radical (unpaired) electrons. The van der Waals surface area contributed by atoms with Crippen LogP contribution in [-0.4, -0.2) is 27.3 Å². The molecule has 2 atom stereocenters. The molecule has 0 bridgehead atoms. The molecule has 1 aromatic carbocycles. The van der Waals surface area contributed by atoms with Crippen molar-refractivity contribution in [1.82, 2.24) is 5.32 Å². The van der Waals surface area contributed by atoms with E-state index in [1.165, 1.54) is 12.8 Å². The number of nitrogens with two attached hydrogens (primary N) is 1. The predicted octanol–water partition coefficient (Wildman–Crippen LogP) is 2.99. The lowest BCUT2D eigenvalue weighted by Gasteiger charge is -2.22. The Hall–Kier alpha value is -0.970.